The Kier molecular flexibility index (Phi) is 3.42. The van der Waals surface area contributed by atoms with E-state index in [-0.39, 0.29) is 23.3 Å². The van der Waals surface area contributed by atoms with Crippen LogP contribution in [0.4, 0.5) is 0 Å². The van der Waals surface area contributed by atoms with Gasteiger partial charge in [0.05, 0.1) is 18.1 Å². The van der Waals surface area contributed by atoms with Crippen LogP contribution in [-0.2, 0) is 14.4 Å². The van der Waals surface area contributed by atoms with Crippen molar-refractivity contribution in [1.29, 1.82) is 0 Å². The van der Waals surface area contributed by atoms with Crippen molar-refractivity contribution >= 4 is 23.1 Å². The Bertz CT molecular complexity index is 899. The van der Waals surface area contributed by atoms with Gasteiger partial charge in [0.15, 0.2) is 11.4 Å². The van der Waals surface area contributed by atoms with Crippen LogP contribution in [0.2, 0.25) is 0 Å². The summed E-state index contributed by atoms with van der Waals surface area (Å²) in [6.45, 7) is 1.72. The van der Waals surface area contributed by atoms with Crippen LogP contribution in [0.15, 0.2) is 23.8 Å². The summed E-state index contributed by atoms with van der Waals surface area (Å²) >= 11 is 0. The number of carbonyl (C=O) groups is 3. The largest absolute Gasteiger partial charge is 0.507 e. The Morgan fingerprint density at radius 2 is 1.85 bits per heavy atom. The second-order valence-electron chi connectivity index (χ2n) is 7.35. The van der Waals surface area contributed by atoms with Crippen molar-refractivity contribution in [3.63, 3.8) is 0 Å². The predicted octanol–water partition coefficient (Wildman–Crippen LogP) is 0.617. The lowest BCUT2D eigenvalue weighted by molar-refractivity contribution is -0.174. The lowest BCUT2D eigenvalue weighted by Gasteiger charge is -2.50. The highest BCUT2D eigenvalue weighted by Crippen LogP contribution is 2.54. The Balaban J connectivity index is 1.98. The lowest BCUT2D eigenvalue weighted by Crippen LogP contribution is -2.66. The van der Waals surface area contributed by atoms with Crippen LogP contribution in [0, 0.1) is 11.8 Å². The fraction of sp³-hybridized carbons (Fsp3) is 0.421. The molecule has 0 radical (unpaired) electrons. The van der Waals surface area contributed by atoms with Crippen LogP contribution in [-0.4, -0.2) is 49.5 Å². The minimum atomic E-state index is -2.53. The van der Waals surface area contributed by atoms with E-state index in [0.717, 1.165) is 0 Å². The average Bonchev–Trinajstić information content (AvgIpc) is 2.58. The number of fused-ring (bicyclic) bond motifs is 3. The number of hydrogen-bond acceptors (Lipinski definition) is 7. The van der Waals surface area contributed by atoms with Gasteiger partial charge in [0.1, 0.15) is 17.3 Å². The normalized spacial score (nSPS) is 36.5. The minimum absolute atomic E-state index is 0.0631. The second kappa shape index (κ2) is 5.25. The topological polar surface area (TPSA) is 132 Å². The Morgan fingerprint density at radius 1 is 1.15 bits per heavy atom. The third-order valence-electron chi connectivity index (χ3n) is 6.07. The molecular formula is C19H18O7. The maximum atomic E-state index is 13.1. The molecule has 0 aliphatic heterocycles. The summed E-state index contributed by atoms with van der Waals surface area (Å²) in [5.41, 5.74) is -2.19. The van der Waals surface area contributed by atoms with Crippen molar-refractivity contribution in [2.45, 2.75) is 37.4 Å². The number of aromatic hydroxyl groups is 1. The quantitative estimate of drug-likeness (QED) is 0.500. The summed E-state index contributed by atoms with van der Waals surface area (Å²) < 4.78 is 0. The highest BCUT2D eigenvalue weighted by molar-refractivity contribution is 6.25. The summed E-state index contributed by atoms with van der Waals surface area (Å²) in [6.07, 6.45) is -2.23. The maximum absolute atomic E-state index is 13.1. The molecule has 3 aliphatic carbocycles. The van der Waals surface area contributed by atoms with E-state index in [1.165, 1.54) is 6.07 Å². The summed E-state index contributed by atoms with van der Waals surface area (Å²) in [5, 5.41) is 42.5. The number of hydrogen-bond donors (Lipinski definition) is 4. The molecule has 0 heterocycles. The van der Waals surface area contributed by atoms with Gasteiger partial charge in [-0.25, -0.2) is 0 Å². The predicted molar refractivity (Wildman–Crippen MR) is 88.3 cm³/mol. The highest BCUT2D eigenvalue weighted by atomic mass is 16.3. The summed E-state index contributed by atoms with van der Waals surface area (Å²) in [7, 11) is 0. The number of Topliss-reactive ketones (excluding diaryl/α,β-unsaturated/α-hetero) is 3. The molecule has 2 fully saturated rings. The van der Waals surface area contributed by atoms with Crippen LogP contribution in [0.3, 0.4) is 0 Å². The zero-order valence-electron chi connectivity index (χ0n) is 14.0. The Hall–Kier alpha value is -2.51. The molecule has 1 aromatic carbocycles. The highest BCUT2D eigenvalue weighted by Gasteiger charge is 2.64. The lowest BCUT2D eigenvalue weighted by atomic mass is 9.55. The number of carbonyl (C=O) groups excluding carboxylic acids is 3. The molecule has 0 saturated heterocycles. The molecule has 0 amide bonds. The molecule has 1 aromatic rings. The van der Waals surface area contributed by atoms with Gasteiger partial charge >= 0.3 is 0 Å². The second-order valence-corrected chi connectivity index (χ2v) is 7.35. The molecule has 7 nitrogen and oxygen atoms in total. The van der Waals surface area contributed by atoms with Crippen LogP contribution < -0.4 is 0 Å². The fourth-order valence-corrected chi connectivity index (χ4v) is 4.76. The molecule has 7 heteroatoms. The number of ketones is 3. The van der Waals surface area contributed by atoms with Crippen LogP contribution in [0.25, 0.3) is 5.76 Å². The molecule has 0 bridgehead atoms. The van der Waals surface area contributed by atoms with Crippen LogP contribution in [0.5, 0.6) is 5.75 Å². The number of aliphatic hydroxyl groups excluding tert-OH is 2. The van der Waals surface area contributed by atoms with E-state index in [0.29, 0.717) is 5.56 Å². The first-order valence-electron chi connectivity index (χ1n) is 8.45. The third kappa shape index (κ3) is 1.87. The summed E-state index contributed by atoms with van der Waals surface area (Å²) in [6, 6.07) is 4.61. The maximum Gasteiger partial charge on any atom is 0.202 e. The third-order valence-corrected chi connectivity index (χ3v) is 6.07. The molecule has 5 atom stereocenters. The van der Waals surface area contributed by atoms with Gasteiger partial charge in [-0.3, -0.25) is 14.4 Å². The molecule has 5 unspecified atom stereocenters. The number of benzene rings is 1. The first-order valence-corrected chi connectivity index (χ1v) is 8.45. The van der Waals surface area contributed by atoms with Gasteiger partial charge in [-0.15, -0.1) is 0 Å². The smallest absolute Gasteiger partial charge is 0.202 e. The Labute approximate surface area is 148 Å². The molecule has 2 saturated carbocycles. The van der Waals surface area contributed by atoms with Crippen LogP contribution >= 0.6 is 0 Å². The molecule has 3 aliphatic rings. The first kappa shape index (κ1) is 16.9. The molecule has 0 aromatic heterocycles. The molecule has 136 valence electrons. The van der Waals surface area contributed by atoms with E-state index in [4.69, 9.17) is 0 Å². The van der Waals surface area contributed by atoms with E-state index >= 15 is 0 Å². The monoisotopic (exact) mass is 358 g/mol. The fourth-order valence-electron chi connectivity index (χ4n) is 4.76. The number of phenolic OH excluding ortho intramolecular Hbond substituents is 1. The van der Waals surface area contributed by atoms with E-state index in [1.807, 2.05) is 0 Å². The van der Waals surface area contributed by atoms with E-state index in [1.54, 1.807) is 19.1 Å². The molecular weight excluding hydrogens is 340 g/mol. The van der Waals surface area contributed by atoms with E-state index in [2.05, 4.69) is 0 Å². The van der Waals surface area contributed by atoms with Crippen molar-refractivity contribution in [1.82, 2.24) is 0 Å². The van der Waals surface area contributed by atoms with Crippen molar-refractivity contribution < 1.29 is 34.8 Å². The summed E-state index contributed by atoms with van der Waals surface area (Å²) in [5.74, 6) is -5.77. The molecule has 26 heavy (non-hydrogen) atoms. The molecule has 0 spiro atoms. The number of phenols is 1. The van der Waals surface area contributed by atoms with E-state index < -0.39 is 59.0 Å². The van der Waals surface area contributed by atoms with Crippen molar-refractivity contribution in [2.75, 3.05) is 0 Å². The first-order chi connectivity index (χ1) is 12.2. The zero-order chi connectivity index (χ0) is 19.0. The summed E-state index contributed by atoms with van der Waals surface area (Å²) in [4.78, 5) is 37.2. The van der Waals surface area contributed by atoms with Crippen molar-refractivity contribution in [3.8, 4) is 5.75 Å². The van der Waals surface area contributed by atoms with Gasteiger partial charge < -0.3 is 20.4 Å². The van der Waals surface area contributed by atoms with Crippen molar-refractivity contribution in [2.24, 2.45) is 11.8 Å². The molecule has 4 rings (SSSR count). The van der Waals surface area contributed by atoms with Gasteiger partial charge in [0, 0.05) is 23.8 Å². The van der Waals surface area contributed by atoms with Gasteiger partial charge in [-0.05, 0) is 17.5 Å². The van der Waals surface area contributed by atoms with Gasteiger partial charge in [0.2, 0.25) is 5.78 Å². The Morgan fingerprint density at radius 3 is 2.54 bits per heavy atom. The standard InChI is InChI=1S/C19H18O7/c1-7-9-3-2-4-11(21)14(9)17(24)15-13(7)16(23)10-5-8(20)6-12(22)19(10,26)18(15)25/h2-4,7,10,13,16,21,23-24,26H,5-6H2,1H3. The number of aliphatic hydroxyl groups is 3. The van der Waals surface area contributed by atoms with Crippen LogP contribution in [0.1, 0.15) is 36.8 Å². The van der Waals surface area contributed by atoms with Gasteiger partial charge in [0.25, 0.3) is 0 Å². The van der Waals surface area contributed by atoms with Crippen molar-refractivity contribution in [3.05, 3.63) is 34.9 Å². The minimum Gasteiger partial charge on any atom is -0.507 e. The SMILES string of the molecule is CC1c2cccc(O)c2C(O)=C2C(=O)C3(O)C(=O)CC(=O)CC3C(O)C21. The zero-order valence-corrected chi connectivity index (χ0v) is 14.0. The van der Waals surface area contributed by atoms with E-state index in [9.17, 15) is 34.8 Å². The molecule has 4 N–H and O–H groups in total. The average molecular weight is 358 g/mol. The van der Waals surface area contributed by atoms with Gasteiger partial charge in [-0.2, -0.15) is 0 Å². The van der Waals surface area contributed by atoms with Gasteiger partial charge in [-0.1, -0.05) is 19.1 Å². The number of rotatable bonds is 0.